The molecule has 4 saturated carbocycles. The number of carbonyl (C=O) groups is 4. The summed E-state index contributed by atoms with van der Waals surface area (Å²) in [5, 5.41) is 15.8. The van der Waals surface area contributed by atoms with Crippen LogP contribution in [0.25, 0.3) is 0 Å². The fraction of sp³-hybridized carbons (Fsp3) is 0.697. The number of ether oxygens (including phenoxy) is 2. The number of fused-ring (bicyclic) bond motifs is 2. The number of halogens is 2. The van der Waals surface area contributed by atoms with Crippen LogP contribution in [0, 0.1) is 23.5 Å². The molecule has 1 aromatic rings. The Morgan fingerprint density at radius 1 is 1.00 bits per heavy atom. The Labute approximate surface area is 282 Å². The van der Waals surface area contributed by atoms with Crippen LogP contribution < -0.4 is 26.6 Å². The first-order valence-electron chi connectivity index (χ1n) is 17.1. The highest BCUT2D eigenvalue weighted by atomic mass is 32.2. The van der Waals surface area contributed by atoms with Crippen molar-refractivity contribution < 1.29 is 37.4 Å². The molecule has 262 valence electrons. The molecule has 5 N–H and O–H groups in total. The van der Waals surface area contributed by atoms with Crippen LogP contribution in [0.3, 0.4) is 0 Å². The number of thioether (sulfide) groups is 1. The second-order valence-corrected chi connectivity index (χ2v) is 15.5. The third-order valence-electron chi connectivity index (χ3n) is 11.4. The minimum Gasteiger partial charge on any atom is -0.447 e. The van der Waals surface area contributed by atoms with E-state index < -0.39 is 17.7 Å². The van der Waals surface area contributed by atoms with Gasteiger partial charge in [0.25, 0.3) is 0 Å². The van der Waals surface area contributed by atoms with Crippen molar-refractivity contribution in [3.8, 4) is 0 Å². The van der Waals surface area contributed by atoms with E-state index in [0.29, 0.717) is 47.8 Å². The van der Waals surface area contributed by atoms with Gasteiger partial charge in [0.1, 0.15) is 6.61 Å². The van der Waals surface area contributed by atoms with Gasteiger partial charge in [-0.25, -0.2) is 18.4 Å². The first-order chi connectivity index (χ1) is 23.1. The van der Waals surface area contributed by atoms with Gasteiger partial charge in [0.05, 0.1) is 31.8 Å². The molecule has 7 unspecified atom stereocenters. The Morgan fingerprint density at radius 3 is 2.50 bits per heavy atom. The van der Waals surface area contributed by atoms with Gasteiger partial charge in [-0.2, -0.15) is 11.8 Å². The smallest absolute Gasteiger partial charge is 0.407 e. The average molecular weight is 691 g/mol. The molecule has 2 saturated heterocycles. The number of nitrogens with one attached hydrogen (secondary N) is 5. The molecule has 3 heterocycles. The van der Waals surface area contributed by atoms with Crippen LogP contribution in [0.15, 0.2) is 12.1 Å². The number of nitrogens with zero attached hydrogens (tertiary/aromatic N) is 1. The Balaban J connectivity index is 0.734. The lowest BCUT2D eigenvalue weighted by Gasteiger charge is -2.31. The van der Waals surface area contributed by atoms with Crippen molar-refractivity contribution in [3.05, 3.63) is 34.9 Å². The molecule has 3 aliphatic heterocycles. The highest BCUT2D eigenvalue weighted by Gasteiger charge is 2.71. The third kappa shape index (κ3) is 6.69. The van der Waals surface area contributed by atoms with Crippen molar-refractivity contribution in [2.75, 3.05) is 38.7 Å². The highest BCUT2D eigenvalue weighted by molar-refractivity contribution is 8.00. The second-order valence-electron chi connectivity index (χ2n) is 14.3. The minimum atomic E-state index is -0.900. The Hall–Kier alpha value is -3.17. The fourth-order valence-corrected chi connectivity index (χ4v) is 10.7. The Bertz CT molecular complexity index is 1420. The number of unbranched alkanes of at least 4 members (excludes halogenated alkanes) is 1. The van der Waals surface area contributed by atoms with E-state index in [2.05, 4.69) is 26.6 Å². The predicted molar refractivity (Wildman–Crippen MR) is 172 cm³/mol. The standard InChI is InChI=1S/C33H44F2N6O6S/c34-23-9-19-15-41(16-20(19)10-24(23)35)28(43)14-37-32-12-22-11-21(32)13-33(22,18-32)40-31(45)47-8-7-46-6-5-36-27(42)4-2-1-3-26-29-25(17-48-26)38-30(44)39-29/h9-10,21-22,25-26,29,37H,1-8,11-18H2,(H,36,42)(H,40,45)(H2,38,39,44). The third-order valence-corrected chi connectivity index (χ3v) is 12.9. The topological polar surface area (TPSA) is 150 Å². The number of amides is 5. The summed E-state index contributed by atoms with van der Waals surface area (Å²) in [5.74, 6) is -0.308. The highest BCUT2D eigenvalue weighted by Crippen LogP contribution is 2.67. The summed E-state index contributed by atoms with van der Waals surface area (Å²) in [4.78, 5) is 51.0. The van der Waals surface area contributed by atoms with E-state index in [9.17, 15) is 28.0 Å². The van der Waals surface area contributed by atoms with Gasteiger partial charge in [-0.15, -0.1) is 0 Å². The minimum absolute atomic E-state index is 0.0160. The lowest BCUT2D eigenvalue weighted by Crippen LogP contribution is -2.50. The Kier molecular flexibility index (Phi) is 9.46. The first kappa shape index (κ1) is 33.3. The molecule has 0 spiro atoms. The SMILES string of the molecule is O=C(CCCCC1SCC2NC(=O)NC21)NCCOCCOC(=O)NC12CC3CC1CC3(NCC(=O)N1Cc3cc(F)c(F)cc3C1)C2. The molecule has 5 amide bonds. The zero-order valence-corrected chi connectivity index (χ0v) is 27.7. The van der Waals surface area contributed by atoms with Gasteiger partial charge in [-0.3, -0.25) is 9.59 Å². The first-order valence-corrected chi connectivity index (χ1v) is 18.2. The van der Waals surface area contributed by atoms with Crippen molar-refractivity contribution in [1.82, 2.24) is 31.5 Å². The van der Waals surface area contributed by atoms with E-state index in [4.69, 9.17) is 9.47 Å². The van der Waals surface area contributed by atoms with Gasteiger partial charge < -0.3 is 41.0 Å². The van der Waals surface area contributed by atoms with Crippen molar-refractivity contribution in [2.45, 2.75) is 92.9 Å². The summed E-state index contributed by atoms with van der Waals surface area (Å²) in [5.41, 5.74) is 0.720. The lowest BCUT2D eigenvalue weighted by molar-refractivity contribution is -0.131. The molecule has 7 atom stereocenters. The number of hydrogen-bond donors (Lipinski definition) is 5. The van der Waals surface area contributed by atoms with E-state index in [1.165, 1.54) is 12.1 Å². The van der Waals surface area contributed by atoms with Crippen LogP contribution in [0.4, 0.5) is 18.4 Å². The van der Waals surface area contributed by atoms with E-state index in [0.717, 1.165) is 50.7 Å². The van der Waals surface area contributed by atoms with E-state index in [1.54, 1.807) is 4.90 Å². The molecule has 4 aliphatic carbocycles. The van der Waals surface area contributed by atoms with E-state index >= 15 is 0 Å². The summed E-state index contributed by atoms with van der Waals surface area (Å²) in [6.45, 7) is 1.71. The number of alkyl carbamates (subject to hydrolysis) is 1. The number of benzene rings is 1. The van der Waals surface area contributed by atoms with Gasteiger partial charge in [0.2, 0.25) is 11.8 Å². The van der Waals surface area contributed by atoms with Crippen LogP contribution in [0.1, 0.15) is 62.5 Å². The van der Waals surface area contributed by atoms with Gasteiger partial charge in [0.15, 0.2) is 11.6 Å². The molecule has 4 bridgehead atoms. The molecule has 12 nitrogen and oxygen atoms in total. The maximum atomic E-state index is 13.6. The zero-order chi connectivity index (χ0) is 33.5. The maximum absolute atomic E-state index is 13.6. The number of hydrogen-bond acceptors (Lipinski definition) is 8. The molecule has 48 heavy (non-hydrogen) atoms. The number of carbonyl (C=O) groups excluding carboxylic acids is 4. The summed E-state index contributed by atoms with van der Waals surface area (Å²) in [6, 6.07) is 2.67. The van der Waals surface area contributed by atoms with E-state index in [1.807, 2.05) is 11.8 Å². The molecule has 0 radical (unpaired) electrons. The quantitative estimate of drug-likeness (QED) is 0.139. The van der Waals surface area contributed by atoms with Crippen molar-refractivity contribution >= 4 is 35.7 Å². The van der Waals surface area contributed by atoms with Gasteiger partial charge in [-0.05, 0) is 73.6 Å². The Morgan fingerprint density at radius 2 is 1.75 bits per heavy atom. The molecule has 15 heteroatoms. The van der Waals surface area contributed by atoms with Crippen LogP contribution in [-0.4, -0.2) is 95.9 Å². The number of rotatable bonds is 15. The average Bonchev–Trinajstić information content (AvgIpc) is 3.89. The molecular weight excluding hydrogens is 646 g/mol. The van der Waals surface area contributed by atoms with Gasteiger partial charge in [-0.1, -0.05) is 6.42 Å². The van der Waals surface area contributed by atoms with Crippen molar-refractivity contribution in [3.63, 3.8) is 0 Å². The summed E-state index contributed by atoms with van der Waals surface area (Å²) >= 11 is 1.88. The van der Waals surface area contributed by atoms with Crippen LogP contribution in [0.2, 0.25) is 0 Å². The second kappa shape index (κ2) is 13.6. The normalized spacial score (nSPS) is 31.9. The number of urea groups is 1. The molecule has 0 aromatic heterocycles. The molecule has 6 fully saturated rings. The van der Waals surface area contributed by atoms with E-state index in [-0.39, 0.29) is 73.9 Å². The van der Waals surface area contributed by atoms with Crippen molar-refractivity contribution in [2.24, 2.45) is 11.8 Å². The maximum Gasteiger partial charge on any atom is 0.407 e. The monoisotopic (exact) mass is 690 g/mol. The lowest BCUT2D eigenvalue weighted by atomic mass is 9.90. The summed E-state index contributed by atoms with van der Waals surface area (Å²) in [7, 11) is 0. The molecular formula is C33H44F2N6O6S. The predicted octanol–water partition coefficient (Wildman–Crippen LogP) is 2.29. The summed E-state index contributed by atoms with van der Waals surface area (Å²) in [6.07, 6.45) is 6.13. The van der Waals surface area contributed by atoms with Crippen LogP contribution in [-0.2, 0) is 32.2 Å². The van der Waals surface area contributed by atoms with Crippen LogP contribution in [0.5, 0.6) is 0 Å². The molecule has 8 rings (SSSR count). The molecule has 7 aliphatic rings. The molecule has 1 aromatic carbocycles. The fourth-order valence-electron chi connectivity index (χ4n) is 9.13. The van der Waals surface area contributed by atoms with Gasteiger partial charge in [0, 0.05) is 48.1 Å². The van der Waals surface area contributed by atoms with Crippen molar-refractivity contribution in [1.29, 1.82) is 0 Å². The largest absolute Gasteiger partial charge is 0.447 e. The van der Waals surface area contributed by atoms with Gasteiger partial charge >= 0.3 is 12.1 Å². The zero-order valence-electron chi connectivity index (χ0n) is 26.9. The van der Waals surface area contributed by atoms with Crippen LogP contribution >= 0.6 is 11.8 Å². The summed E-state index contributed by atoms with van der Waals surface area (Å²) < 4.78 is 38.2.